The van der Waals surface area contributed by atoms with Crippen molar-refractivity contribution in [3.05, 3.63) is 17.5 Å². The number of aromatic nitrogens is 2. The molecule has 1 aliphatic rings. The van der Waals surface area contributed by atoms with Crippen molar-refractivity contribution < 1.29 is 4.79 Å². The largest absolute Gasteiger partial charge is 0.299 e. The molecule has 0 radical (unpaired) electrons. The Hall–Kier alpha value is -1.12. The Morgan fingerprint density at radius 1 is 1.64 bits per heavy atom. The maximum Gasteiger partial charge on any atom is 0.136 e. The second-order valence-corrected chi connectivity index (χ2v) is 4.16. The molecule has 1 aliphatic carbocycles. The standard InChI is InChI=1S/C11H16N2O/c1-8-6-10(13(2)12-8)7-9-4-3-5-11(9)14/h6,9H,3-5,7H2,1-2H3/t9-/m1/s1. The van der Waals surface area contributed by atoms with Crippen LogP contribution >= 0.6 is 0 Å². The summed E-state index contributed by atoms with van der Waals surface area (Å²) in [6, 6.07) is 2.08. The number of hydrogen-bond donors (Lipinski definition) is 0. The van der Waals surface area contributed by atoms with Crippen LogP contribution in [0.15, 0.2) is 6.07 Å². The number of carbonyl (C=O) groups is 1. The zero-order chi connectivity index (χ0) is 10.1. The van der Waals surface area contributed by atoms with Crippen LogP contribution in [0.5, 0.6) is 0 Å². The molecule has 3 nitrogen and oxygen atoms in total. The first-order valence-electron chi connectivity index (χ1n) is 5.19. The number of rotatable bonds is 2. The fraction of sp³-hybridized carbons (Fsp3) is 0.636. The van der Waals surface area contributed by atoms with Gasteiger partial charge in [-0.1, -0.05) is 0 Å². The van der Waals surface area contributed by atoms with Crippen molar-refractivity contribution in [1.29, 1.82) is 0 Å². The molecule has 0 N–H and O–H groups in total. The lowest BCUT2D eigenvalue weighted by Gasteiger charge is -2.07. The molecule has 0 bridgehead atoms. The minimum atomic E-state index is 0.254. The van der Waals surface area contributed by atoms with Crippen LogP contribution in [0, 0.1) is 12.8 Å². The Labute approximate surface area is 84.1 Å². The summed E-state index contributed by atoms with van der Waals surface area (Å²) in [5.41, 5.74) is 2.22. The van der Waals surface area contributed by atoms with Gasteiger partial charge < -0.3 is 0 Å². The third-order valence-corrected chi connectivity index (χ3v) is 2.99. The molecule has 1 aromatic heterocycles. The summed E-state index contributed by atoms with van der Waals surface area (Å²) in [5.74, 6) is 0.689. The summed E-state index contributed by atoms with van der Waals surface area (Å²) >= 11 is 0. The molecule has 76 valence electrons. The molecule has 0 aliphatic heterocycles. The molecule has 1 aromatic rings. The van der Waals surface area contributed by atoms with E-state index in [0.717, 1.165) is 31.4 Å². The molecular weight excluding hydrogens is 176 g/mol. The van der Waals surface area contributed by atoms with Crippen molar-refractivity contribution in [1.82, 2.24) is 9.78 Å². The monoisotopic (exact) mass is 192 g/mol. The first-order chi connectivity index (χ1) is 6.66. The first-order valence-corrected chi connectivity index (χ1v) is 5.19. The lowest BCUT2D eigenvalue weighted by molar-refractivity contribution is -0.120. The highest BCUT2D eigenvalue weighted by atomic mass is 16.1. The molecule has 1 heterocycles. The van der Waals surface area contributed by atoms with E-state index in [2.05, 4.69) is 11.2 Å². The Balaban J connectivity index is 2.10. The van der Waals surface area contributed by atoms with Gasteiger partial charge in [-0.2, -0.15) is 5.10 Å². The van der Waals surface area contributed by atoms with Crippen LogP contribution in [0.25, 0.3) is 0 Å². The lowest BCUT2D eigenvalue weighted by atomic mass is 10.0. The number of carbonyl (C=O) groups excluding carboxylic acids is 1. The number of hydrogen-bond acceptors (Lipinski definition) is 2. The van der Waals surface area contributed by atoms with E-state index in [1.807, 2.05) is 18.7 Å². The summed E-state index contributed by atoms with van der Waals surface area (Å²) in [5, 5.41) is 4.28. The van der Waals surface area contributed by atoms with Crippen LogP contribution in [0.2, 0.25) is 0 Å². The Bertz CT molecular complexity index is 354. The zero-order valence-electron chi connectivity index (χ0n) is 8.79. The molecule has 1 atom stereocenters. The quantitative estimate of drug-likeness (QED) is 0.714. The SMILES string of the molecule is Cc1cc(C[C@H]2CCCC2=O)n(C)n1. The molecule has 0 saturated heterocycles. The van der Waals surface area contributed by atoms with Gasteiger partial charge >= 0.3 is 0 Å². The fourth-order valence-electron chi connectivity index (χ4n) is 2.21. The Morgan fingerprint density at radius 2 is 2.43 bits per heavy atom. The van der Waals surface area contributed by atoms with Gasteiger partial charge in [0.2, 0.25) is 0 Å². The van der Waals surface area contributed by atoms with Gasteiger partial charge in [0.05, 0.1) is 5.69 Å². The second kappa shape index (κ2) is 3.56. The minimum absolute atomic E-state index is 0.254. The van der Waals surface area contributed by atoms with E-state index in [0.29, 0.717) is 5.78 Å². The van der Waals surface area contributed by atoms with Crippen LogP contribution in [0.3, 0.4) is 0 Å². The average molecular weight is 192 g/mol. The van der Waals surface area contributed by atoms with E-state index in [4.69, 9.17) is 0 Å². The predicted octanol–water partition coefficient (Wildman–Crippen LogP) is 1.64. The van der Waals surface area contributed by atoms with Crippen molar-refractivity contribution in [3.8, 4) is 0 Å². The summed E-state index contributed by atoms with van der Waals surface area (Å²) in [6.07, 6.45) is 3.78. The van der Waals surface area contributed by atoms with E-state index >= 15 is 0 Å². The van der Waals surface area contributed by atoms with E-state index in [9.17, 15) is 4.79 Å². The maximum absolute atomic E-state index is 11.5. The minimum Gasteiger partial charge on any atom is -0.299 e. The molecule has 0 amide bonds. The van der Waals surface area contributed by atoms with Gasteiger partial charge in [-0.25, -0.2) is 0 Å². The Kier molecular flexibility index (Phi) is 2.40. The summed E-state index contributed by atoms with van der Waals surface area (Å²) in [7, 11) is 1.95. The van der Waals surface area contributed by atoms with Crippen molar-refractivity contribution in [3.63, 3.8) is 0 Å². The van der Waals surface area contributed by atoms with Crippen LogP contribution < -0.4 is 0 Å². The van der Waals surface area contributed by atoms with Gasteiger partial charge in [0, 0.05) is 25.1 Å². The van der Waals surface area contributed by atoms with Gasteiger partial charge in [0.1, 0.15) is 5.78 Å². The van der Waals surface area contributed by atoms with Crippen molar-refractivity contribution >= 4 is 5.78 Å². The highest BCUT2D eigenvalue weighted by molar-refractivity contribution is 5.83. The molecule has 0 spiro atoms. The zero-order valence-corrected chi connectivity index (χ0v) is 8.79. The van der Waals surface area contributed by atoms with E-state index < -0.39 is 0 Å². The number of nitrogens with zero attached hydrogens (tertiary/aromatic N) is 2. The van der Waals surface area contributed by atoms with Crippen LogP contribution in [0.4, 0.5) is 0 Å². The van der Waals surface area contributed by atoms with Crippen LogP contribution in [-0.2, 0) is 18.3 Å². The Morgan fingerprint density at radius 3 is 2.93 bits per heavy atom. The fourth-order valence-corrected chi connectivity index (χ4v) is 2.21. The normalized spacial score (nSPS) is 21.9. The molecular formula is C11H16N2O. The molecule has 1 saturated carbocycles. The second-order valence-electron chi connectivity index (χ2n) is 4.16. The topological polar surface area (TPSA) is 34.9 Å². The molecule has 3 heteroatoms. The lowest BCUT2D eigenvalue weighted by Crippen LogP contribution is -2.12. The van der Waals surface area contributed by atoms with Crippen molar-refractivity contribution in [2.45, 2.75) is 32.6 Å². The smallest absolute Gasteiger partial charge is 0.136 e. The first kappa shape index (κ1) is 9.44. The molecule has 0 aromatic carbocycles. The van der Waals surface area contributed by atoms with Crippen molar-refractivity contribution in [2.75, 3.05) is 0 Å². The number of aryl methyl sites for hydroxylation is 2. The van der Waals surface area contributed by atoms with E-state index in [-0.39, 0.29) is 5.92 Å². The molecule has 0 unspecified atom stereocenters. The third-order valence-electron chi connectivity index (χ3n) is 2.99. The van der Waals surface area contributed by atoms with Crippen molar-refractivity contribution in [2.24, 2.45) is 13.0 Å². The van der Waals surface area contributed by atoms with E-state index in [1.165, 1.54) is 5.69 Å². The van der Waals surface area contributed by atoms with Gasteiger partial charge in [0.25, 0.3) is 0 Å². The van der Waals surface area contributed by atoms with Gasteiger partial charge in [-0.05, 0) is 32.3 Å². The molecule has 14 heavy (non-hydrogen) atoms. The third kappa shape index (κ3) is 1.72. The summed E-state index contributed by atoms with van der Waals surface area (Å²) < 4.78 is 1.89. The molecule has 1 fully saturated rings. The average Bonchev–Trinajstić information content (AvgIpc) is 2.62. The van der Waals surface area contributed by atoms with Gasteiger partial charge in [0.15, 0.2) is 0 Å². The van der Waals surface area contributed by atoms with Crippen LogP contribution in [0.1, 0.15) is 30.7 Å². The highest BCUT2D eigenvalue weighted by Crippen LogP contribution is 2.24. The van der Waals surface area contributed by atoms with Gasteiger partial charge in [-0.15, -0.1) is 0 Å². The summed E-state index contributed by atoms with van der Waals surface area (Å²) in [4.78, 5) is 11.5. The molecule has 2 rings (SSSR count). The maximum atomic E-state index is 11.5. The number of ketones is 1. The predicted molar refractivity (Wildman–Crippen MR) is 54.0 cm³/mol. The summed E-state index contributed by atoms with van der Waals surface area (Å²) in [6.45, 7) is 1.99. The van der Waals surface area contributed by atoms with E-state index in [1.54, 1.807) is 0 Å². The van der Waals surface area contributed by atoms with Crippen LogP contribution in [-0.4, -0.2) is 15.6 Å². The number of Topliss-reactive ketones (excluding diaryl/α,β-unsaturated/α-hetero) is 1. The van der Waals surface area contributed by atoms with Gasteiger partial charge in [-0.3, -0.25) is 9.48 Å². The highest BCUT2D eigenvalue weighted by Gasteiger charge is 2.25.